The minimum atomic E-state index is -0.213. The number of rotatable bonds is 2. The Hall–Kier alpha value is -3.20. The molecule has 1 N–H and O–H groups in total. The average Bonchev–Trinajstić information content (AvgIpc) is 2.90. The van der Waals surface area contributed by atoms with Gasteiger partial charge in [0, 0.05) is 30.4 Å². The number of hydrogen-bond acceptors (Lipinski definition) is 4. The van der Waals surface area contributed by atoms with Gasteiger partial charge in [-0.15, -0.1) is 0 Å². The summed E-state index contributed by atoms with van der Waals surface area (Å²) in [7, 11) is 0. The highest BCUT2D eigenvalue weighted by Crippen LogP contribution is 2.13. The molecule has 0 spiro atoms. The number of H-pyrrole nitrogens is 1. The van der Waals surface area contributed by atoms with Crippen LogP contribution in [0.5, 0.6) is 0 Å². The predicted molar refractivity (Wildman–Crippen MR) is 72.1 cm³/mol. The van der Waals surface area contributed by atoms with E-state index < -0.39 is 0 Å². The summed E-state index contributed by atoms with van der Waals surface area (Å²) in [5.41, 5.74) is 1.49. The first-order valence-electron chi connectivity index (χ1n) is 5.87. The Kier molecular flexibility index (Phi) is 2.86. The van der Waals surface area contributed by atoms with Gasteiger partial charge in [-0.2, -0.15) is 5.26 Å². The minimum Gasteiger partial charge on any atom is -0.296 e. The fourth-order valence-electron chi connectivity index (χ4n) is 1.85. The van der Waals surface area contributed by atoms with Crippen molar-refractivity contribution in [2.45, 2.75) is 0 Å². The fourth-order valence-corrected chi connectivity index (χ4v) is 1.85. The van der Waals surface area contributed by atoms with Gasteiger partial charge in [-0.25, -0.2) is 9.67 Å². The Morgan fingerprint density at radius 3 is 2.80 bits per heavy atom. The van der Waals surface area contributed by atoms with Crippen molar-refractivity contribution in [3.63, 3.8) is 0 Å². The molecule has 0 aliphatic carbocycles. The molecule has 6 heteroatoms. The number of nitriles is 1. The Morgan fingerprint density at radius 1 is 1.25 bits per heavy atom. The zero-order chi connectivity index (χ0) is 13.9. The molecule has 3 aromatic rings. The van der Waals surface area contributed by atoms with Gasteiger partial charge in [-0.1, -0.05) is 6.07 Å². The molecule has 0 aliphatic rings. The Morgan fingerprint density at radius 2 is 2.15 bits per heavy atom. The van der Waals surface area contributed by atoms with Crippen LogP contribution < -0.4 is 5.56 Å². The molecule has 0 aliphatic heterocycles. The van der Waals surface area contributed by atoms with Crippen LogP contribution in [0, 0.1) is 11.3 Å². The highest BCUT2D eigenvalue weighted by molar-refractivity contribution is 5.60. The Labute approximate surface area is 114 Å². The number of aromatic nitrogens is 4. The van der Waals surface area contributed by atoms with Crippen molar-refractivity contribution in [3.8, 4) is 23.0 Å². The topological polar surface area (TPSA) is 87.4 Å². The largest absolute Gasteiger partial charge is 0.296 e. The first-order chi connectivity index (χ1) is 9.79. The van der Waals surface area contributed by atoms with Crippen molar-refractivity contribution in [3.05, 3.63) is 65.0 Å². The zero-order valence-electron chi connectivity index (χ0n) is 10.3. The van der Waals surface area contributed by atoms with Crippen LogP contribution in [0.15, 0.2) is 53.8 Å². The summed E-state index contributed by atoms with van der Waals surface area (Å²) < 4.78 is 1.32. The molecule has 3 aromatic heterocycles. The zero-order valence-corrected chi connectivity index (χ0v) is 10.3. The Balaban J connectivity index is 2.07. The second-order valence-electron chi connectivity index (χ2n) is 4.09. The van der Waals surface area contributed by atoms with Gasteiger partial charge < -0.3 is 0 Å². The third kappa shape index (κ3) is 1.97. The van der Waals surface area contributed by atoms with E-state index in [0.29, 0.717) is 16.9 Å². The first kappa shape index (κ1) is 11.9. The van der Waals surface area contributed by atoms with E-state index in [0.717, 1.165) is 5.56 Å². The van der Waals surface area contributed by atoms with Crippen molar-refractivity contribution >= 4 is 0 Å². The van der Waals surface area contributed by atoms with E-state index in [-0.39, 0.29) is 5.56 Å². The summed E-state index contributed by atoms with van der Waals surface area (Å²) in [6.07, 6.45) is 6.31. The van der Waals surface area contributed by atoms with Crippen molar-refractivity contribution in [2.75, 3.05) is 0 Å². The monoisotopic (exact) mass is 263 g/mol. The molecule has 3 rings (SSSR count). The molecule has 0 bridgehead atoms. The van der Waals surface area contributed by atoms with Gasteiger partial charge in [0.2, 0.25) is 0 Å². The molecule has 3 heterocycles. The van der Waals surface area contributed by atoms with E-state index in [2.05, 4.69) is 15.1 Å². The summed E-state index contributed by atoms with van der Waals surface area (Å²) in [6.45, 7) is 0. The molecule has 0 aromatic carbocycles. The van der Waals surface area contributed by atoms with Crippen molar-refractivity contribution in [1.82, 2.24) is 19.7 Å². The van der Waals surface area contributed by atoms with E-state index in [9.17, 15) is 4.79 Å². The molecule has 0 saturated heterocycles. The fraction of sp³-hybridized carbons (Fsp3) is 0. The Bertz CT molecular complexity index is 824. The highest BCUT2D eigenvalue weighted by atomic mass is 16.1. The van der Waals surface area contributed by atoms with Gasteiger partial charge in [-0.05, 0) is 18.2 Å². The summed E-state index contributed by atoms with van der Waals surface area (Å²) >= 11 is 0. The van der Waals surface area contributed by atoms with Crippen molar-refractivity contribution in [1.29, 1.82) is 5.26 Å². The van der Waals surface area contributed by atoms with Gasteiger partial charge in [0.1, 0.15) is 6.07 Å². The van der Waals surface area contributed by atoms with Gasteiger partial charge in [-0.3, -0.25) is 14.9 Å². The van der Waals surface area contributed by atoms with Crippen LogP contribution in [-0.4, -0.2) is 19.7 Å². The molecule has 96 valence electrons. The van der Waals surface area contributed by atoms with Crippen molar-refractivity contribution in [2.24, 2.45) is 0 Å². The maximum Gasteiger partial charge on any atom is 0.280 e. The van der Waals surface area contributed by atoms with E-state index in [1.54, 1.807) is 36.8 Å². The predicted octanol–water partition coefficient (Wildman–Crippen LogP) is 1.49. The third-order valence-electron chi connectivity index (χ3n) is 2.85. The normalized spacial score (nSPS) is 10.2. The van der Waals surface area contributed by atoms with Gasteiger partial charge in [0.25, 0.3) is 5.56 Å². The maximum atomic E-state index is 12.3. The van der Waals surface area contributed by atoms with E-state index in [1.807, 2.05) is 12.1 Å². The van der Waals surface area contributed by atoms with Gasteiger partial charge in [0.05, 0.1) is 11.1 Å². The molecule has 0 atom stereocenters. The number of pyridine rings is 2. The molecule has 6 nitrogen and oxygen atoms in total. The minimum absolute atomic E-state index is 0.213. The van der Waals surface area contributed by atoms with Crippen LogP contribution in [0.4, 0.5) is 0 Å². The lowest BCUT2D eigenvalue weighted by Crippen LogP contribution is -2.16. The van der Waals surface area contributed by atoms with Gasteiger partial charge in [0.15, 0.2) is 5.82 Å². The van der Waals surface area contributed by atoms with Crippen LogP contribution in [0.2, 0.25) is 0 Å². The maximum absolute atomic E-state index is 12.3. The van der Waals surface area contributed by atoms with E-state index in [1.165, 1.54) is 10.9 Å². The van der Waals surface area contributed by atoms with E-state index >= 15 is 0 Å². The van der Waals surface area contributed by atoms with Gasteiger partial charge >= 0.3 is 0 Å². The summed E-state index contributed by atoms with van der Waals surface area (Å²) in [6, 6.07) is 8.79. The third-order valence-corrected chi connectivity index (χ3v) is 2.85. The quantitative estimate of drug-likeness (QED) is 0.758. The average molecular weight is 263 g/mol. The smallest absolute Gasteiger partial charge is 0.280 e. The molecule has 0 unspecified atom stereocenters. The van der Waals surface area contributed by atoms with Crippen LogP contribution >= 0.6 is 0 Å². The lowest BCUT2D eigenvalue weighted by Gasteiger charge is -1.99. The summed E-state index contributed by atoms with van der Waals surface area (Å²) in [5.74, 6) is 0.434. The molecule has 0 amide bonds. The molecular weight excluding hydrogens is 254 g/mol. The van der Waals surface area contributed by atoms with Crippen LogP contribution in [0.25, 0.3) is 16.9 Å². The number of hydrogen-bond donors (Lipinski definition) is 1. The second kappa shape index (κ2) is 4.82. The van der Waals surface area contributed by atoms with Crippen LogP contribution in [0.3, 0.4) is 0 Å². The number of aromatic amines is 1. The molecule has 20 heavy (non-hydrogen) atoms. The number of nitrogens with one attached hydrogen (secondary N) is 1. The highest BCUT2D eigenvalue weighted by Gasteiger charge is 2.10. The molecule has 0 radical (unpaired) electrons. The van der Waals surface area contributed by atoms with Crippen LogP contribution in [-0.2, 0) is 0 Å². The molecule has 0 fully saturated rings. The summed E-state index contributed by atoms with van der Waals surface area (Å²) in [4.78, 5) is 20.4. The second-order valence-corrected chi connectivity index (χ2v) is 4.09. The summed E-state index contributed by atoms with van der Waals surface area (Å²) in [5, 5.41) is 11.6. The molecule has 0 saturated carbocycles. The lowest BCUT2D eigenvalue weighted by atomic mass is 10.2. The molecular formula is C14H9N5O. The SMILES string of the molecule is N#Cc1ccc(-n2[nH]cc(-c3cccnc3)c2=O)nc1. The van der Waals surface area contributed by atoms with E-state index in [4.69, 9.17) is 5.26 Å². The number of nitrogens with zero attached hydrogens (tertiary/aromatic N) is 4. The first-order valence-corrected chi connectivity index (χ1v) is 5.87. The van der Waals surface area contributed by atoms with Crippen LogP contribution in [0.1, 0.15) is 5.56 Å². The lowest BCUT2D eigenvalue weighted by molar-refractivity contribution is 0.818. The van der Waals surface area contributed by atoms with Crippen molar-refractivity contribution < 1.29 is 0 Å². The standard InChI is InChI=1S/C14H9N5O/c15-6-10-3-4-13(17-7-10)19-14(20)12(9-18-19)11-2-1-5-16-8-11/h1-5,7-9,18H.